The molecule has 3 rings (SSSR count). The van der Waals surface area contributed by atoms with Gasteiger partial charge in [0.2, 0.25) is 0 Å². The van der Waals surface area contributed by atoms with Crippen molar-refractivity contribution in [2.45, 2.75) is 38.3 Å². The molecule has 1 N–H and O–H groups in total. The molecule has 2 aliphatic rings. The highest BCUT2D eigenvalue weighted by atomic mass is 16.3. The summed E-state index contributed by atoms with van der Waals surface area (Å²) in [6, 6.07) is 9.08. The molecule has 20 heavy (non-hydrogen) atoms. The summed E-state index contributed by atoms with van der Waals surface area (Å²) in [6.07, 6.45) is 3.53. The Balaban J connectivity index is 1.79. The van der Waals surface area contributed by atoms with Crippen LogP contribution in [0.15, 0.2) is 24.3 Å². The lowest BCUT2D eigenvalue weighted by atomic mass is 9.84. The number of hydrogen-bond acceptors (Lipinski definition) is 3. The summed E-state index contributed by atoms with van der Waals surface area (Å²) in [4.78, 5) is 5.04. The highest BCUT2D eigenvalue weighted by Gasteiger charge is 2.34. The minimum absolute atomic E-state index is 0.391. The number of rotatable bonds is 2. The number of nitrogens with zero attached hydrogens (tertiary/aromatic N) is 2. The molecule has 2 heterocycles. The maximum absolute atomic E-state index is 9.97. The largest absolute Gasteiger partial charge is 0.389 e. The molecule has 0 aromatic heterocycles. The van der Waals surface area contributed by atoms with Crippen molar-refractivity contribution in [3.8, 4) is 0 Å². The van der Waals surface area contributed by atoms with Gasteiger partial charge < -0.3 is 14.9 Å². The van der Waals surface area contributed by atoms with Crippen molar-refractivity contribution in [2.75, 3.05) is 31.6 Å². The number of anilines is 1. The lowest BCUT2D eigenvalue weighted by molar-refractivity contribution is 0.102. The van der Waals surface area contributed by atoms with Crippen molar-refractivity contribution in [3.63, 3.8) is 0 Å². The zero-order chi connectivity index (χ0) is 14.1. The highest BCUT2D eigenvalue weighted by Crippen LogP contribution is 2.34. The fourth-order valence-electron chi connectivity index (χ4n) is 4.00. The third-order valence-corrected chi connectivity index (χ3v) is 5.07. The van der Waals surface area contributed by atoms with Crippen molar-refractivity contribution in [2.24, 2.45) is 5.92 Å². The Hall–Kier alpha value is -1.06. The van der Waals surface area contributed by atoms with Crippen LogP contribution < -0.4 is 4.90 Å². The first-order valence-electron chi connectivity index (χ1n) is 7.89. The Labute approximate surface area is 122 Å². The molecular formula is C17H26N2O. The van der Waals surface area contributed by atoms with Gasteiger partial charge in [0.05, 0.1) is 6.10 Å². The predicted octanol–water partition coefficient (Wildman–Crippen LogP) is 2.66. The van der Waals surface area contributed by atoms with Crippen molar-refractivity contribution in [1.29, 1.82) is 0 Å². The Morgan fingerprint density at radius 1 is 1.20 bits per heavy atom. The second-order valence-electron chi connectivity index (χ2n) is 6.42. The van der Waals surface area contributed by atoms with Crippen LogP contribution in [-0.2, 0) is 0 Å². The Morgan fingerprint density at radius 2 is 2.00 bits per heavy atom. The molecule has 0 saturated carbocycles. The number of fused-ring (bicyclic) bond motifs is 1. The number of para-hydroxylation sites is 1. The normalized spacial score (nSPS) is 29.1. The van der Waals surface area contributed by atoms with Gasteiger partial charge in [-0.1, -0.05) is 18.2 Å². The summed E-state index contributed by atoms with van der Waals surface area (Å²) in [6.45, 7) is 5.36. The van der Waals surface area contributed by atoms with Gasteiger partial charge in [-0.05, 0) is 51.8 Å². The molecular weight excluding hydrogens is 248 g/mol. The molecule has 3 atom stereocenters. The number of aliphatic hydroxyl groups is 1. The van der Waals surface area contributed by atoms with Gasteiger partial charge in [0.25, 0.3) is 0 Å². The first kappa shape index (κ1) is 13.9. The smallest absolute Gasteiger partial charge is 0.0781 e. The third-order valence-electron chi connectivity index (χ3n) is 5.07. The average molecular weight is 274 g/mol. The molecule has 0 aliphatic carbocycles. The zero-order valence-corrected chi connectivity index (χ0v) is 12.6. The van der Waals surface area contributed by atoms with Crippen LogP contribution in [0.2, 0.25) is 0 Å². The fourth-order valence-corrected chi connectivity index (χ4v) is 4.00. The van der Waals surface area contributed by atoms with Gasteiger partial charge in [0, 0.05) is 30.4 Å². The molecule has 2 saturated heterocycles. The number of piperidine rings is 2. The zero-order valence-electron chi connectivity index (χ0n) is 12.6. The maximum Gasteiger partial charge on any atom is 0.0781 e. The lowest BCUT2D eigenvalue weighted by Crippen LogP contribution is -2.52. The minimum atomic E-state index is -0.391. The molecule has 2 unspecified atom stereocenters. The molecule has 1 aromatic carbocycles. The second-order valence-corrected chi connectivity index (χ2v) is 6.42. The van der Waals surface area contributed by atoms with E-state index in [0.717, 1.165) is 30.6 Å². The van der Waals surface area contributed by atoms with Gasteiger partial charge in [-0.3, -0.25) is 0 Å². The summed E-state index contributed by atoms with van der Waals surface area (Å²) < 4.78 is 0. The van der Waals surface area contributed by atoms with Crippen molar-refractivity contribution in [1.82, 2.24) is 4.90 Å². The molecule has 0 spiro atoms. The summed E-state index contributed by atoms with van der Waals surface area (Å²) in [5.41, 5.74) is 2.30. The van der Waals surface area contributed by atoms with Crippen LogP contribution in [-0.4, -0.2) is 42.7 Å². The van der Waals surface area contributed by atoms with E-state index in [9.17, 15) is 5.11 Å². The van der Waals surface area contributed by atoms with Gasteiger partial charge in [-0.25, -0.2) is 0 Å². The first-order chi connectivity index (χ1) is 9.66. The van der Waals surface area contributed by atoms with Gasteiger partial charge in [-0.2, -0.15) is 0 Å². The van der Waals surface area contributed by atoms with Crippen LogP contribution in [0.4, 0.5) is 5.69 Å². The van der Waals surface area contributed by atoms with Crippen molar-refractivity contribution < 1.29 is 5.11 Å². The molecule has 3 nitrogen and oxygen atoms in total. The summed E-state index contributed by atoms with van der Waals surface area (Å²) in [5, 5.41) is 9.97. The lowest BCUT2D eigenvalue weighted by Gasteiger charge is -2.47. The van der Waals surface area contributed by atoms with Gasteiger partial charge in [-0.15, -0.1) is 0 Å². The third kappa shape index (κ3) is 2.57. The summed E-state index contributed by atoms with van der Waals surface area (Å²) in [5.74, 6) is 0.782. The Kier molecular flexibility index (Phi) is 3.99. The molecule has 2 aliphatic heterocycles. The van der Waals surface area contributed by atoms with E-state index in [2.05, 4.69) is 35.0 Å². The molecule has 1 aromatic rings. The topological polar surface area (TPSA) is 26.7 Å². The maximum atomic E-state index is 9.97. The minimum Gasteiger partial charge on any atom is -0.389 e. The van der Waals surface area contributed by atoms with E-state index in [-0.39, 0.29) is 0 Å². The highest BCUT2D eigenvalue weighted by molar-refractivity contribution is 5.55. The van der Waals surface area contributed by atoms with Gasteiger partial charge in [0.1, 0.15) is 0 Å². The molecule has 0 bridgehead atoms. The molecule has 2 fully saturated rings. The second kappa shape index (κ2) is 5.74. The molecule has 0 radical (unpaired) electrons. The predicted molar refractivity (Wildman–Crippen MR) is 83.0 cm³/mol. The van der Waals surface area contributed by atoms with Gasteiger partial charge in [0.15, 0.2) is 0 Å². The quantitative estimate of drug-likeness (QED) is 0.898. The first-order valence-corrected chi connectivity index (χ1v) is 7.89. The van der Waals surface area contributed by atoms with Crippen LogP contribution in [0.5, 0.6) is 0 Å². The number of benzene rings is 1. The fraction of sp³-hybridized carbons (Fsp3) is 0.647. The van der Waals surface area contributed by atoms with Crippen LogP contribution in [0.1, 0.15) is 37.9 Å². The molecule has 3 heteroatoms. The van der Waals surface area contributed by atoms with E-state index in [4.69, 9.17) is 0 Å². The summed E-state index contributed by atoms with van der Waals surface area (Å²) >= 11 is 0. The number of aliphatic hydroxyl groups excluding tert-OH is 1. The van der Waals surface area contributed by atoms with Crippen LogP contribution in [0.25, 0.3) is 0 Å². The molecule has 0 amide bonds. The van der Waals surface area contributed by atoms with E-state index in [0.29, 0.717) is 0 Å². The Bertz CT molecular complexity index is 460. The Morgan fingerprint density at radius 3 is 2.80 bits per heavy atom. The monoisotopic (exact) mass is 274 g/mol. The SMILES string of the molecule is C[C@@H](O)c1ccccc1N1CCC2C(CCCN2C)C1. The van der Waals surface area contributed by atoms with Crippen molar-refractivity contribution in [3.05, 3.63) is 29.8 Å². The van der Waals surface area contributed by atoms with E-state index in [1.807, 2.05) is 13.0 Å². The summed E-state index contributed by atoms with van der Waals surface area (Å²) in [7, 11) is 2.27. The van der Waals surface area contributed by atoms with E-state index >= 15 is 0 Å². The van der Waals surface area contributed by atoms with Crippen LogP contribution in [0.3, 0.4) is 0 Å². The van der Waals surface area contributed by atoms with E-state index in [1.165, 1.54) is 31.5 Å². The van der Waals surface area contributed by atoms with E-state index in [1.54, 1.807) is 0 Å². The van der Waals surface area contributed by atoms with Gasteiger partial charge >= 0.3 is 0 Å². The standard InChI is InChI=1S/C17H26N2O/c1-13(20)15-7-3-4-8-17(15)19-11-9-16-14(12-19)6-5-10-18(16)2/h3-4,7-8,13-14,16,20H,5-6,9-12H2,1-2H3/t13-,14?,16?/m1/s1. The van der Waals surface area contributed by atoms with Crippen LogP contribution >= 0.6 is 0 Å². The van der Waals surface area contributed by atoms with Crippen LogP contribution in [0, 0.1) is 5.92 Å². The number of likely N-dealkylation sites (tertiary alicyclic amines) is 1. The number of hydrogen-bond donors (Lipinski definition) is 1. The van der Waals surface area contributed by atoms with Crippen molar-refractivity contribution >= 4 is 5.69 Å². The van der Waals surface area contributed by atoms with E-state index < -0.39 is 6.10 Å². The average Bonchev–Trinajstić information content (AvgIpc) is 2.47. The molecule has 110 valence electrons.